The second kappa shape index (κ2) is 11.0. The van der Waals surface area contributed by atoms with E-state index in [2.05, 4.69) is 22.3 Å². The van der Waals surface area contributed by atoms with E-state index in [4.69, 9.17) is 14.9 Å². The summed E-state index contributed by atoms with van der Waals surface area (Å²) in [5.74, 6) is 2.20. The molecule has 1 fully saturated rings. The summed E-state index contributed by atoms with van der Waals surface area (Å²) < 4.78 is 28.0. The van der Waals surface area contributed by atoms with Gasteiger partial charge < -0.3 is 15.0 Å². The van der Waals surface area contributed by atoms with E-state index in [1.54, 1.807) is 19.2 Å². The molecule has 7 nitrogen and oxygen atoms in total. The van der Waals surface area contributed by atoms with Crippen LogP contribution in [0.25, 0.3) is 0 Å². The average Bonchev–Trinajstić information content (AvgIpc) is 3.21. The number of primary sulfonamides is 1. The lowest BCUT2D eigenvalue weighted by molar-refractivity contribution is 0.414. The zero-order valence-electron chi connectivity index (χ0n) is 17.2. The number of hydrogen-bond donors (Lipinski definition) is 2. The highest BCUT2D eigenvalue weighted by molar-refractivity contribution is 14.0. The minimum Gasteiger partial charge on any atom is -0.497 e. The van der Waals surface area contributed by atoms with Crippen LogP contribution in [0.2, 0.25) is 0 Å². The van der Waals surface area contributed by atoms with Gasteiger partial charge in [0.25, 0.3) is 0 Å². The highest BCUT2D eigenvalue weighted by Crippen LogP contribution is 2.28. The van der Waals surface area contributed by atoms with Crippen molar-refractivity contribution in [3.63, 3.8) is 0 Å². The van der Waals surface area contributed by atoms with Crippen molar-refractivity contribution >= 4 is 40.0 Å². The molecule has 2 aromatic carbocycles. The molecular weight excluding hydrogens is 515 g/mol. The Morgan fingerprint density at radius 1 is 1.20 bits per heavy atom. The summed E-state index contributed by atoms with van der Waals surface area (Å²) in [6.45, 7) is 5.15. The molecule has 1 aliphatic heterocycles. The number of hydrogen-bond acceptors (Lipinski definition) is 4. The van der Waals surface area contributed by atoms with Crippen molar-refractivity contribution in [3.8, 4) is 5.75 Å². The molecule has 0 radical (unpaired) electrons. The van der Waals surface area contributed by atoms with Crippen LogP contribution in [-0.2, 0) is 16.6 Å². The molecule has 1 unspecified atom stereocenters. The standard InChI is InChI=1S/C21H28N4O3S.HI/c1-3-23-21(24-14-16-4-10-20(11-5-16)29(22,26)27)25-13-12-18(15-25)17-6-8-19(28-2)9-7-17;/h4-11,18H,3,12-15H2,1-2H3,(H,23,24)(H2,22,26,27);1H. The molecule has 3 rings (SSSR count). The van der Waals surface area contributed by atoms with Crippen LogP contribution in [0.15, 0.2) is 58.4 Å². The Morgan fingerprint density at radius 2 is 1.87 bits per heavy atom. The Labute approximate surface area is 195 Å². The molecule has 0 spiro atoms. The van der Waals surface area contributed by atoms with E-state index < -0.39 is 10.0 Å². The fourth-order valence-corrected chi connectivity index (χ4v) is 3.99. The number of rotatable bonds is 6. The van der Waals surface area contributed by atoms with E-state index in [0.717, 1.165) is 43.3 Å². The first-order valence-electron chi connectivity index (χ1n) is 9.69. The van der Waals surface area contributed by atoms with Crippen LogP contribution in [0.4, 0.5) is 0 Å². The fourth-order valence-electron chi connectivity index (χ4n) is 3.48. The summed E-state index contributed by atoms with van der Waals surface area (Å²) in [4.78, 5) is 7.13. The molecular formula is C21H29IN4O3S. The number of nitrogens with zero attached hydrogens (tertiary/aromatic N) is 2. The predicted octanol–water partition coefficient (Wildman–Crippen LogP) is 2.92. The lowest BCUT2D eigenvalue weighted by Crippen LogP contribution is -2.40. The lowest BCUT2D eigenvalue weighted by Gasteiger charge is -2.22. The number of ether oxygens (including phenoxy) is 1. The number of guanidine groups is 1. The zero-order valence-corrected chi connectivity index (χ0v) is 20.4. The van der Waals surface area contributed by atoms with Gasteiger partial charge in [0, 0.05) is 25.6 Å². The number of benzene rings is 2. The summed E-state index contributed by atoms with van der Waals surface area (Å²) in [5, 5.41) is 8.51. The highest BCUT2D eigenvalue weighted by Gasteiger charge is 2.26. The molecule has 0 saturated carbocycles. The Morgan fingerprint density at radius 3 is 2.43 bits per heavy atom. The third-order valence-electron chi connectivity index (χ3n) is 5.07. The second-order valence-electron chi connectivity index (χ2n) is 7.06. The van der Waals surface area contributed by atoms with Crippen LogP contribution >= 0.6 is 24.0 Å². The van der Waals surface area contributed by atoms with E-state index in [-0.39, 0.29) is 28.9 Å². The molecule has 9 heteroatoms. The van der Waals surface area contributed by atoms with Crippen molar-refractivity contribution in [2.45, 2.75) is 30.7 Å². The normalized spacial score (nSPS) is 16.8. The van der Waals surface area contributed by atoms with E-state index in [1.165, 1.54) is 17.7 Å². The van der Waals surface area contributed by atoms with Crippen molar-refractivity contribution < 1.29 is 13.2 Å². The number of halogens is 1. The van der Waals surface area contributed by atoms with Gasteiger partial charge in [0.05, 0.1) is 18.6 Å². The van der Waals surface area contributed by atoms with Crippen LogP contribution in [0.3, 0.4) is 0 Å². The van der Waals surface area contributed by atoms with Crippen LogP contribution in [0.1, 0.15) is 30.4 Å². The number of nitrogens with one attached hydrogen (secondary N) is 1. The Balaban J connectivity index is 0.00000320. The Kier molecular flexibility index (Phi) is 8.92. The maximum absolute atomic E-state index is 11.4. The molecule has 1 heterocycles. The quantitative estimate of drug-likeness (QED) is 0.331. The minimum absolute atomic E-state index is 0. The average molecular weight is 544 g/mol. The molecule has 0 aromatic heterocycles. The Bertz CT molecular complexity index is 947. The Hall–Kier alpha value is -1.85. The van der Waals surface area contributed by atoms with Gasteiger partial charge in [-0.15, -0.1) is 24.0 Å². The number of aliphatic imine (C=N–C) groups is 1. The largest absolute Gasteiger partial charge is 0.497 e. The molecule has 1 aliphatic rings. The molecule has 0 aliphatic carbocycles. The van der Waals surface area contributed by atoms with Crippen molar-refractivity contribution in [1.29, 1.82) is 0 Å². The smallest absolute Gasteiger partial charge is 0.238 e. The van der Waals surface area contributed by atoms with Gasteiger partial charge in [0.1, 0.15) is 5.75 Å². The topological polar surface area (TPSA) is 97.0 Å². The van der Waals surface area contributed by atoms with E-state index in [9.17, 15) is 8.42 Å². The molecule has 1 atom stereocenters. The maximum Gasteiger partial charge on any atom is 0.238 e. The van der Waals surface area contributed by atoms with Crippen molar-refractivity contribution in [2.24, 2.45) is 10.1 Å². The van der Waals surface area contributed by atoms with Crippen LogP contribution in [0, 0.1) is 0 Å². The molecule has 164 valence electrons. The van der Waals surface area contributed by atoms with Gasteiger partial charge in [0.15, 0.2) is 5.96 Å². The molecule has 3 N–H and O–H groups in total. The molecule has 1 saturated heterocycles. The summed E-state index contributed by atoms with van der Waals surface area (Å²) in [6, 6.07) is 14.8. The minimum atomic E-state index is -3.67. The maximum atomic E-state index is 11.4. The number of sulfonamides is 1. The molecule has 0 amide bonds. The van der Waals surface area contributed by atoms with Gasteiger partial charge in [-0.3, -0.25) is 0 Å². The number of nitrogens with two attached hydrogens (primary N) is 1. The van der Waals surface area contributed by atoms with Gasteiger partial charge in [-0.1, -0.05) is 24.3 Å². The third kappa shape index (κ3) is 6.32. The summed E-state index contributed by atoms with van der Waals surface area (Å²) >= 11 is 0. The summed E-state index contributed by atoms with van der Waals surface area (Å²) in [6.07, 6.45) is 1.07. The van der Waals surface area contributed by atoms with Gasteiger partial charge in [-0.05, 0) is 48.7 Å². The van der Waals surface area contributed by atoms with Gasteiger partial charge >= 0.3 is 0 Å². The van der Waals surface area contributed by atoms with Crippen molar-refractivity contribution in [2.75, 3.05) is 26.7 Å². The first kappa shape index (κ1) is 24.4. The highest BCUT2D eigenvalue weighted by atomic mass is 127. The van der Waals surface area contributed by atoms with E-state index >= 15 is 0 Å². The monoisotopic (exact) mass is 544 g/mol. The van der Waals surface area contributed by atoms with Crippen LogP contribution in [0.5, 0.6) is 5.75 Å². The van der Waals surface area contributed by atoms with Gasteiger partial charge in [-0.25, -0.2) is 18.5 Å². The van der Waals surface area contributed by atoms with Crippen molar-refractivity contribution in [3.05, 3.63) is 59.7 Å². The molecule has 30 heavy (non-hydrogen) atoms. The van der Waals surface area contributed by atoms with E-state index in [1.807, 2.05) is 19.1 Å². The first-order chi connectivity index (χ1) is 13.9. The second-order valence-corrected chi connectivity index (χ2v) is 8.63. The van der Waals surface area contributed by atoms with Crippen LogP contribution in [-0.4, -0.2) is 46.0 Å². The lowest BCUT2D eigenvalue weighted by atomic mass is 9.98. The first-order valence-corrected chi connectivity index (χ1v) is 11.2. The molecule has 2 aromatic rings. The van der Waals surface area contributed by atoms with Gasteiger partial charge in [-0.2, -0.15) is 0 Å². The number of methoxy groups -OCH3 is 1. The number of likely N-dealkylation sites (tertiary alicyclic amines) is 1. The molecule has 0 bridgehead atoms. The fraction of sp³-hybridized carbons (Fsp3) is 0.381. The zero-order chi connectivity index (χ0) is 20.9. The predicted molar refractivity (Wildman–Crippen MR) is 130 cm³/mol. The van der Waals surface area contributed by atoms with Crippen LogP contribution < -0.4 is 15.2 Å². The summed E-state index contributed by atoms with van der Waals surface area (Å²) in [5.41, 5.74) is 2.24. The van der Waals surface area contributed by atoms with E-state index in [0.29, 0.717) is 12.5 Å². The third-order valence-corrected chi connectivity index (χ3v) is 6.00. The van der Waals surface area contributed by atoms with Crippen molar-refractivity contribution in [1.82, 2.24) is 10.2 Å². The summed E-state index contributed by atoms with van der Waals surface area (Å²) in [7, 11) is -2.00. The SMILES string of the molecule is CCNC(=NCc1ccc(S(N)(=O)=O)cc1)N1CCC(c2ccc(OC)cc2)C1.I. The van der Waals surface area contributed by atoms with Gasteiger partial charge in [0.2, 0.25) is 10.0 Å².